The Morgan fingerprint density at radius 3 is 3.00 bits per heavy atom. The Morgan fingerprint density at radius 2 is 2.47 bits per heavy atom. The number of hydrogen-bond donors (Lipinski definition) is 2. The summed E-state index contributed by atoms with van der Waals surface area (Å²) in [5, 5.41) is 5.12. The van der Waals surface area contributed by atoms with Gasteiger partial charge < -0.3 is 11.1 Å². The van der Waals surface area contributed by atoms with Crippen LogP contribution in [0.3, 0.4) is 0 Å². The number of hydrogen-bond acceptors (Lipinski definition) is 3. The fraction of sp³-hybridized carbons (Fsp3) is 0.500. The van der Waals surface area contributed by atoms with Crippen LogP contribution in [0.2, 0.25) is 5.02 Å². The Balaban J connectivity index is 1.84. The van der Waals surface area contributed by atoms with Crippen LogP contribution in [0.25, 0.3) is 0 Å². The number of carbonyl (C=O) groups excluding carboxylic acids is 1. The van der Waals surface area contributed by atoms with Crippen molar-refractivity contribution in [3.63, 3.8) is 0 Å². The summed E-state index contributed by atoms with van der Waals surface area (Å²) in [5.41, 5.74) is 5.87. The summed E-state index contributed by atoms with van der Waals surface area (Å²) in [4.78, 5) is 12.2. The molecule has 0 radical (unpaired) electrons. The topological polar surface area (TPSA) is 55.1 Å². The smallest absolute Gasteiger partial charge is 0.262 e. The van der Waals surface area contributed by atoms with Gasteiger partial charge in [-0.1, -0.05) is 11.6 Å². The first-order chi connectivity index (χ1) is 7.18. The average molecular weight is 245 g/mol. The summed E-state index contributed by atoms with van der Waals surface area (Å²) in [6, 6.07) is 1.81. The van der Waals surface area contributed by atoms with Crippen LogP contribution < -0.4 is 11.1 Å². The van der Waals surface area contributed by atoms with Crippen LogP contribution in [-0.4, -0.2) is 18.5 Å². The second-order valence-electron chi connectivity index (χ2n) is 3.81. The van der Waals surface area contributed by atoms with Crippen molar-refractivity contribution in [3.05, 3.63) is 21.3 Å². The number of thiophene rings is 1. The molecular formula is C10H13ClN2OS. The molecule has 0 saturated heterocycles. The van der Waals surface area contributed by atoms with Crippen molar-refractivity contribution in [2.75, 3.05) is 6.54 Å². The van der Waals surface area contributed by atoms with E-state index in [1.165, 1.54) is 24.2 Å². The van der Waals surface area contributed by atoms with E-state index in [2.05, 4.69) is 5.32 Å². The van der Waals surface area contributed by atoms with Gasteiger partial charge in [-0.25, -0.2) is 0 Å². The van der Waals surface area contributed by atoms with Gasteiger partial charge in [-0.15, -0.1) is 11.3 Å². The molecule has 1 aliphatic carbocycles. The lowest BCUT2D eigenvalue weighted by molar-refractivity contribution is 0.0954. The lowest BCUT2D eigenvalue weighted by atomic mass is 10.2. The van der Waals surface area contributed by atoms with E-state index in [0.717, 1.165) is 0 Å². The molecule has 0 aliphatic heterocycles. The number of nitrogens with two attached hydrogens (primary N) is 1. The minimum Gasteiger partial charge on any atom is -0.350 e. The number of carbonyl (C=O) groups is 1. The first-order valence-electron chi connectivity index (χ1n) is 4.95. The molecule has 1 heterocycles. The van der Waals surface area contributed by atoms with Gasteiger partial charge in [0.2, 0.25) is 0 Å². The normalized spacial score (nSPS) is 17.5. The monoisotopic (exact) mass is 244 g/mol. The van der Waals surface area contributed by atoms with Gasteiger partial charge in [0.05, 0.1) is 5.02 Å². The summed E-state index contributed by atoms with van der Waals surface area (Å²) in [7, 11) is 0. The van der Waals surface area contributed by atoms with E-state index in [0.29, 0.717) is 22.4 Å². The van der Waals surface area contributed by atoms with Gasteiger partial charge in [-0.05, 0) is 30.2 Å². The van der Waals surface area contributed by atoms with Crippen LogP contribution in [0.1, 0.15) is 22.5 Å². The predicted molar refractivity (Wildman–Crippen MR) is 62.4 cm³/mol. The molecule has 1 aromatic heterocycles. The lowest BCUT2D eigenvalue weighted by Crippen LogP contribution is -2.38. The first kappa shape index (κ1) is 10.9. The molecule has 0 spiro atoms. The maximum Gasteiger partial charge on any atom is 0.262 e. The zero-order valence-electron chi connectivity index (χ0n) is 8.20. The minimum absolute atomic E-state index is 0.0905. The van der Waals surface area contributed by atoms with Crippen molar-refractivity contribution in [2.24, 2.45) is 11.7 Å². The second-order valence-corrected chi connectivity index (χ2v) is 5.13. The summed E-state index contributed by atoms with van der Waals surface area (Å²) in [6.07, 6.45) is 2.38. The summed E-state index contributed by atoms with van der Waals surface area (Å²) >= 11 is 7.19. The maximum absolute atomic E-state index is 11.6. The summed E-state index contributed by atoms with van der Waals surface area (Å²) < 4.78 is 0. The van der Waals surface area contributed by atoms with E-state index < -0.39 is 0 Å². The van der Waals surface area contributed by atoms with Crippen LogP contribution in [0.5, 0.6) is 0 Å². The summed E-state index contributed by atoms with van der Waals surface area (Å²) in [5.74, 6) is 0.482. The Morgan fingerprint density at radius 1 is 1.73 bits per heavy atom. The molecule has 1 amide bonds. The first-order valence-corrected chi connectivity index (χ1v) is 6.21. The molecule has 1 aliphatic rings. The average Bonchev–Trinajstić information content (AvgIpc) is 2.98. The van der Waals surface area contributed by atoms with E-state index in [1.807, 2.05) is 0 Å². The Hall–Kier alpha value is -0.580. The Labute approximate surface area is 97.6 Å². The summed E-state index contributed by atoms with van der Waals surface area (Å²) in [6.45, 7) is 0.539. The largest absolute Gasteiger partial charge is 0.350 e. The molecule has 3 nitrogen and oxygen atoms in total. The van der Waals surface area contributed by atoms with Crippen LogP contribution in [0.15, 0.2) is 11.4 Å². The highest BCUT2D eigenvalue weighted by Crippen LogP contribution is 2.31. The zero-order valence-corrected chi connectivity index (χ0v) is 9.77. The molecule has 1 fully saturated rings. The number of rotatable bonds is 4. The van der Waals surface area contributed by atoms with Crippen molar-refractivity contribution >= 4 is 28.8 Å². The van der Waals surface area contributed by atoms with Gasteiger partial charge in [0.25, 0.3) is 5.91 Å². The van der Waals surface area contributed by atoms with E-state index in [9.17, 15) is 4.79 Å². The number of halogens is 1. The van der Waals surface area contributed by atoms with E-state index in [-0.39, 0.29) is 11.9 Å². The van der Waals surface area contributed by atoms with Crippen molar-refractivity contribution < 1.29 is 4.79 Å². The highest BCUT2D eigenvalue weighted by molar-refractivity contribution is 7.12. The van der Waals surface area contributed by atoms with Crippen LogP contribution >= 0.6 is 22.9 Å². The van der Waals surface area contributed by atoms with Gasteiger partial charge >= 0.3 is 0 Å². The zero-order chi connectivity index (χ0) is 10.8. The van der Waals surface area contributed by atoms with Crippen molar-refractivity contribution in [2.45, 2.75) is 18.9 Å². The molecule has 1 unspecified atom stereocenters. The number of amides is 1. The highest BCUT2D eigenvalue weighted by Gasteiger charge is 2.28. The minimum atomic E-state index is -0.119. The molecule has 0 bridgehead atoms. The fourth-order valence-electron chi connectivity index (χ4n) is 1.44. The SMILES string of the molecule is NC(CNC(=O)c1sccc1Cl)C1CC1. The predicted octanol–water partition coefficient (Wildman–Crippen LogP) is 1.87. The van der Waals surface area contributed by atoms with Crippen molar-refractivity contribution in [1.82, 2.24) is 5.32 Å². The lowest BCUT2D eigenvalue weighted by Gasteiger charge is -2.10. The molecule has 1 atom stereocenters. The third-order valence-electron chi connectivity index (χ3n) is 2.55. The molecule has 15 heavy (non-hydrogen) atoms. The molecule has 0 aromatic carbocycles. The Bertz CT molecular complexity index is 362. The molecule has 82 valence electrons. The van der Waals surface area contributed by atoms with Gasteiger partial charge in [-0.3, -0.25) is 4.79 Å². The molecule has 1 saturated carbocycles. The maximum atomic E-state index is 11.6. The van der Waals surface area contributed by atoms with Gasteiger partial charge in [-0.2, -0.15) is 0 Å². The van der Waals surface area contributed by atoms with Crippen molar-refractivity contribution in [3.8, 4) is 0 Å². The highest BCUT2D eigenvalue weighted by atomic mass is 35.5. The van der Waals surface area contributed by atoms with Gasteiger partial charge in [0.15, 0.2) is 0 Å². The second kappa shape index (κ2) is 4.51. The van der Waals surface area contributed by atoms with Crippen LogP contribution in [0, 0.1) is 5.92 Å². The van der Waals surface area contributed by atoms with Crippen LogP contribution in [0.4, 0.5) is 0 Å². The third kappa shape index (κ3) is 2.71. The van der Waals surface area contributed by atoms with E-state index in [1.54, 1.807) is 11.4 Å². The molecular weight excluding hydrogens is 232 g/mol. The molecule has 1 aromatic rings. The van der Waals surface area contributed by atoms with Crippen LogP contribution in [-0.2, 0) is 0 Å². The van der Waals surface area contributed by atoms with Gasteiger partial charge in [0.1, 0.15) is 4.88 Å². The molecule has 5 heteroatoms. The standard InChI is InChI=1S/C10H13ClN2OS/c11-7-3-4-15-9(7)10(14)13-5-8(12)6-1-2-6/h3-4,6,8H,1-2,5,12H2,(H,13,14). The molecule has 3 N–H and O–H groups in total. The fourth-order valence-corrected chi connectivity index (χ4v) is 2.49. The van der Waals surface area contributed by atoms with Gasteiger partial charge in [0, 0.05) is 12.6 Å². The third-order valence-corrected chi connectivity index (χ3v) is 3.89. The van der Waals surface area contributed by atoms with Crippen molar-refractivity contribution in [1.29, 1.82) is 0 Å². The van der Waals surface area contributed by atoms with E-state index >= 15 is 0 Å². The number of nitrogens with one attached hydrogen (secondary N) is 1. The molecule has 2 rings (SSSR count). The quantitative estimate of drug-likeness (QED) is 0.850. The Kier molecular flexibility index (Phi) is 3.29. The van der Waals surface area contributed by atoms with E-state index in [4.69, 9.17) is 17.3 Å².